The molecule has 0 N–H and O–H groups in total. The molecular formula is C13H13N3S. The van der Waals surface area contributed by atoms with Crippen molar-refractivity contribution in [3.8, 4) is 11.4 Å². The van der Waals surface area contributed by atoms with Crippen LogP contribution in [-0.4, -0.2) is 14.8 Å². The van der Waals surface area contributed by atoms with Crippen molar-refractivity contribution < 1.29 is 0 Å². The van der Waals surface area contributed by atoms with Crippen molar-refractivity contribution in [2.45, 2.75) is 19.9 Å². The molecule has 0 amide bonds. The van der Waals surface area contributed by atoms with Gasteiger partial charge in [-0.2, -0.15) is 0 Å². The first-order chi connectivity index (χ1) is 8.27. The van der Waals surface area contributed by atoms with Gasteiger partial charge in [-0.1, -0.05) is 18.2 Å². The standard InChI is InChI=1S/C13H13N3S/c1-9(2)16-8-14-15-13(16)11-7-17-12-6-4-3-5-10(11)12/h3-9H,1-2H3. The van der Waals surface area contributed by atoms with Gasteiger partial charge in [0.15, 0.2) is 5.82 Å². The van der Waals surface area contributed by atoms with Crippen LogP contribution in [0.5, 0.6) is 0 Å². The van der Waals surface area contributed by atoms with Crippen LogP contribution in [0.2, 0.25) is 0 Å². The number of rotatable bonds is 2. The second-order valence-electron chi connectivity index (χ2n) is 4.30. The lowest BCUT2D eigenvalue weighted by atomic mass is 10.1. The van der Waals surface area contributed by atoms with Crippen LogP contribution < -0.4 is 0 Å². The van der Waals surface area contributed by atoms with Gasteiger partial charge in [-0.25, -0.2) is 0 Å². The first kappa shape index (κ1) is 10.5. The second-order valence-corrected chi connectivity index (χ2v) is 5.21. The van der Waals surface area contributed by atoms with Crippen molar-refractivity contribution >= 4 is 21.4 Å². The molecule has 0 saturated heterocycles. The number of hydrogen-bond donors (Lipinski definition) is 0. The summed E-state index contributed by atoms with van der Waals surface area (Å²) in [4.78, 5) is 0. The lowest BCUT2D eigenvalue weighted by Crippen LogP contribution is -2.01. The van der Waals surface area contributed by atoms with Crippen LogP contribution in [0.15, 0.2) is 36.0 Å². The lowest BCUT2D eigenvalue weighted by Gasteiger charge is -2.09. The fourth-order valence-electron chi connectivity index (χ4n) is 1.96. The minimum Gasteiger partial charge on any atom is -0.311 e. The van der Waals surface area contributed by atoms with Crippen molar-refractivity contribution in [2.24, 2.45) is 0 Å². The zero-order valence-electron chi connectivity index (χ0n) is 9.79. The quantitative estimate of drug-likeness (QED) is 0.686. The predicted octanol–water partition coefficient (Wildman–Crippen LogP) is 3.74. The maximum atomic E-state index is 4.25. The Morgan fingerprint density at radius 1 is 1.24 bits per heavy atom. The number of nitrogens with zero attached hydrogens (tertiary/aromatic N) is 3. The van der Waals surface area contributed by atoms with Gasteiger partial charge in [-0.05, 0) is 19.9 Å². The molecule has 0 fully saturated rings. The number of benzene rings is 1. The molecule has 0 spiro atoms. The Kier molecular flexibility index (Phi) is 2.44. The Labute approximate surface area is 104 Å². The monoisotopic (exact) mass is 243 g/mol. The first-order valence-corrected chi connectivity index (χ1v) is 6.51. The van der Waals surface area contributed by atoms with E-state index in [0.717, 1.165) is 5.82 Å². The van der Waals surface area contributed by atoms with Crippen LogP contribution in [0.4, 0.5) is 0 Å². The topological polar surface area (TPSA) is 30.7 Å². The minimum absolute atomic E-state index is 0.374. The van der Waals surface area contributed by atoms with Crippen molar-refractivity contribution in [2.75, 3.05) is 0 Å². The molecule has 4 heteroatoms. The third kappa shape index (κ3) is 1.65. The van der Waals surface area contributed by atoms with Gasteiger partial charge in [0, 0.05) is 27.1 Å². The average Bonchev–Trinajstić information content (AvgIpc) is 2.94. The molecule has 0 aliphatic rings. The summed E-state index contributed by atoms with van der Waals surface area (Å²) in [5.74, 6) is 0.956. The highest BCUT2D eigenvalue weighted by atomic mass is 32.1. The summed E-state index contributed by atoms with van der Waals surface area (Å²) >= 11 is 1.75. The molecule has 0 radical (unpaired) electrons. The van der Waals surface area contributed by atoms with E-state index in [1.54, 1.807) is 17.7 Å². The predicted molar refractivity (Wildman–Crippen MR) is 71.2 cm³/mol. The molecule has 86 valence electrons. The number of aromatic nitrogens is 3. The van der Waals surface area contributed by atoms with Crippen LogP contribution >= 0.6 is 11.3 Å². The van der Waals surface area contributed by atoms with Crippen molar-refractivity contribution in [1.82, 2.24) is 14.8 Å². The lowest BCUT2D eigenvalue weighted by molar-refractivity contribution is 0.604. The molecule has 3 rings (SSSR count). The molecular weight excluding hydrogens is 230 g/mol. The largest absolute Gasteiger partial charge is 0.311 e. The normalized spacial score (nSPS) is 11.5. The molecule has 2 heterocycles. The van der Waals surface area contributed by atoms with Gasteiger partial charge in [0.25, 0.3) is 0 Å². The Morgan fingerprint density at radius 2 is 2.06 bits per heavy atom. The van der Waals surface area contributed by atoms with Gasteiger partial charge in [0.1, 0.15) is 6.33 Å². The van der Waals surface area contributed by atoms with Gasteiger partial charge < -0.3 is 4.57 Å². The number of fused-ring (bicyclic) bond motifs is 1. The fraction of sp³-hybridized carbons (Fsp3) is 0.231. The number of hydrogen-bond acceptors (Lipinski definition) is 3. The second kappa shape index (κ2) is 3.96. The van der Waals surface area contributed by atoms with E-state index in [9.17, 15) is 0 Å². The zero-order valence-corrected chi connectivity index (χ0v) is 10.6. The Morgan fingerprint density at radius 3 is 2.88 bits per heavy atom. The summed E-state index contributed by atoms with van der Waals surface area (Å²) in [5, 5.41) is 11.7. The first-order valence-electron chi connectivity index (χ1n) is 5.63. The molecule has 0 bridgehead atoms. The summed E-state index contributed by atoms with van der Waals surface area (Å²) in [5.41, 5.74) is 1.18. The molecule has 0 aliphatic heterocycles. The van der Waals surface area contributed by atoms with E-state index in [1.807, 2.05) is 0 Å². The molecule has 3 nitrogen and oxygen atoms in total. The molecule has 0 saturated carbocycles. The van der Waals surface area contributed by atoms with Crippen LogP contribution in [0, 0.1) is 0 Å². The molecule has 2 aromatic heterocycles. The van der Waals surface area contributed by atoms with Gasteiger partial charge in [-0.3, -0.25) is 0 Å². The Hall–Kier alpha value is -1.68. The van der Waals surface area contributed by atoms with Crippen LogP contribution in [0.25, 0.3) is 21.5 Å². The van der Waals surface area contributed by atoms with Crippen molar-refractivity contribution in [3.63, 3.8) is 0 Å². The van der Waals surface area contributed by atoms with Crippen LogP contribution in [0.3, 0.4) is 0 Å². The highest BCUT2D eigenvalue weighted by Crippen LogP contribution is 2.33. The molecule has 17 heavy (non-hydrogen) atoms. The van der Waals surface area contributed by atoms with E-state index in [-0.39, 0.29) is 0 Å². The third-order valence-corrected chi connectivity index (χ3v) is 3.81. The SMILES string of the molecule is CC(C)n1cnnc1-c1csc2ccccc12. The van der Waals surface area contributed by atoms with Gasteiger partial charge in [-0.15, -0.1) is 21.5 Å². The molecule has 0 unspecified atom stereocenters. The van der Waals surface area contributed by atoms with E-state index in [2.05, 4.69) is 58.3 Å². The van der Waals surface area contributed by atoms with Gasteiger partial charge >= 0.3 is 0 Å². The minimum atomic E-state index is 0.374. The van der Waals surface area contributed by atoms with E-state index >= 15 is 0 Å². The van der Waals surface area contributed by atoms with Crippen molar-refractivity contribution in [1.29, 1.82) is 0 Å². The highest BCUT2D eigenvalue weighted by Gasteiger charge is 2.13. The summed E-state index contributed by atoms with van der Waals surface area (Å²) in [6.07, 6.45) is 1.80. The van der Waals surface area contributed by atoms with Gasteiger partial charge in [0.2, 0.25) is 0 Å². The zero-order chi connectivity index (χ0) is 11.8. The average molecular weight is 243 g/mol. The Balaban J connectivity index is 2.24. The molecule has 1 aromatic carbocycles. The fourth-order valence-corrected chi connectivity index (χ4v) is 2.90. The van der Waals surface area contributed by atoms with E-state index in [0.29, 0.717) is 6.04 Å². The summed E-state index contributed by atoms with van der Waals surface area (Å²) in [6.45, 7) is 4.28. The van der Waals surface area contributed by atoms with Crippen LogP contribution in [0.1, 0.15) is 19.9 Å². The highest BCUT2D eigenvalue weighted by molar-refractivity contribution is 7.17. The smallest absolute Gasteiger partial charge is 0.165 e. The summed E-state index contributed by atoms with van der Waals surface area (Å²) < 4.78 is 3.40. The van der Waals surface area contributed by atoms with Crippen molar-refractivity contribution in [3.05, 3.63) is 36.0 Å². The van der Waals surface area contributed by atoms with Crippen LogP contribution in [-0.2, 0) is 0 Å². The van der Waals surface area contributed by atoms with E-state index < -0.39 is 0 Å². The molecule has 0 aliphatic carbocycles. The number of thiophene rings is 1. The van der Waals surface area contributed by atoms with Gasteiger partial charge in [0.05, 0.1) is 0 Å². The maximum absolute atomic E-state index is 4.25. The van der Waals surface area contributed by atoms with E-state index in [4.69, 9.17) is 0 Å². The summed E-state index contributed by atoms with van der Waals surface area (Å²) in [7, 11) is 0. The Bertz CT molecular complexity index is 651. The molecule has 0 atom stereocenters. The maximum Gasteiger partial charge on any atom is 0.165 e. The summed E-state index contributed by atoms with van der Waals surface area (Å²) in [6, 6.07) is 8.78. The molecule has 3 aromatic rings. The van der Waals surface area contributed by atoms with E-state index in [1.165, 1.54) is 15.6 Å². The third-order valence-electron chi connectivity index (χ3n) is 2.85.